The lowest BCUT2D eigenvalue weighted by molar-refractivity contribution is 0.0708. The van der Waals surface area contributed by atoms with Crippen molar-refractivity contribution in [3.8, 4) is 11.6 Å². The van der Waals surface area contributed by atoms with Crippen molar-refractivity contribution in [2.24, 2.45) is 5.92 Å². The number of hydrogen-bond donors (Lipinski definition) is 0. The fourth-order valence-corrected chi connectivity index (χ4v) is 5.22. The van der Waals surface area contributed by atoms with Crippen LogP contribution in [0.5, 0.6) is 11.6 Å². The molecule has 3 atom stereocenters. The minimum atomic E-state index is 0.0868. The largest absolute Gasteiger partial charge is 0.493 e. The van der Waals surface area contributed by atoms with Crippen LogP contribution in [0.25, 0.3) is 10.8 Å². The molecule has 31 heavy (non-hydrogen) atoms. The molecule has 2 fully saturated rings. The van der Waals surface area contributed by atoms with Crippen molar-refractivity contribution in [3.63, 3.8) is 0 Å². The summed E-state index contributed by atoms with van der Waals surface area (Å²) < 4.78 is 11.9. The third-order valence-corrected chi connectivity index (χ3v) is 6.63. The van der Waals surface area contributed by atoms with Crippen molar-refractivity contribution < 1.29 is 14.3 Å². The zero-order valence-corrected chi connectivity index (χ0v) is 18.1. The van der Waals surface area contributed by atoms with E-state index in [1.54, 1.807) is 0 Å². The second kappa shape index (κ2) is 8.22. The third-order valence-electron chi connectivity index (χ3n) is 6.63. The van der Waals surface area contributed by atoms with Crippen LogP contribution in [-0.4, -0.2) is 41.1 Å². The molecule has 0 radical (unpaired) electrons. The second-order valence-corrected chi connectivity index (χ2v) is 8.58. The number of carbonyl (C=O) groups excluding carboxylic acids is 1. The summed E-state index contributed by atoms with van der Waals surface area (Å²) in [6, 6.07) is 16.4. The molecule has 1 aromatic heterocycles. The lowest BCUT2D eigenvalue weighted by Crippen LogP contribution is -2.37. The number of hydrogen-bond acceptors (Lipinski definition) is 4. The van der Waals surface area contributed by atoms with E-state index in [1.807, 2.05) is 68.6 Å². The average molecular weight is 417 g/mol. The van der Waals surface area contributed by atoms with Gasteiger partial charge in [0.25, 0.3) is 5.91 Å². The monoisotopic (exact) mass is 416 g/mol. The predicted molar refractivity (Wildman–Crippen MR) is 121 cm³/mol. The number of amides is 1. The van der Waals surface area contributed by atoms with Crippen molar-refractivity contribution in [2.75, 3.05) is 13.2 Å². The van der Waals surface area contributed by atoms with Gasteiger partial charge in [-0.15, -0.1) is 0 Å². The minimum Gasteiger partial charge on any atom is -0.493 e. The normalized spacial score (nSPS) is 22.1. The molecule has 5 rings (SSSR count). The molecule has 0 aliphatic carbocycles. The zero-order chi connectivity index (χ0) is 21.4. The zero-order valence-electron chi connectivity index (χ0n) is 18.1. The number of fused-ring (bicyclic) bond motifs is 3. The summed E-state index contributed by atoms with van der Waals surface area (Å²) in [4.78, 5) is 20.3. The number of nitrogens with zero attached hydrogens (tertiary/aromatic N) is 2. The van der Waals surface area contributed by atoms with Crippen LogP contribution in [-0.2, 0) is 0 Å². The van der Waals surface area contributed by atoms with Crippen LogP contribution in [0.15, 0.2) is 54.7 Å². The molecule has 2 aliphatic heterocycles. The number of aromatic nitrogens is 1. The second-order valence-electron chi connectivity index (χ2n) is 8.58. The van der Waals surface area contributed by atoms with E-state index in [1.165, 1.54) is 0 Å². The Kier molecular flexibility index (Phi) is 5.26. The number of carbonyl (C=O) groups is 1. The number of rotatable bonds is 6. The van der Waals surface area contributed by atoms with E-state index in [4.69, 9.17) is 9.47 Å². The molecule has 0 spiro atoms. The van der Waals surface area contributed by atoms with Crippen LogP contribution in [0.3, 0.4) is 0 Å². The van der Waals surface area contributed by atoms with Gasteiger partial charge in [0, 0.05) is 30.3 Å². The van der Waals surface area contributed by atoms with Crippen LogP contribution in [0, 0.1) is 12.8 Å². The van der Waals surface area contributed by atoms with Crippen molar-refractivity contribution >= 4 is 16.7 Å². The van der Waals surface area contributed by atoms with Crippen molar-refractivity contribution in [2.45, 2.75) is 45.2 Å². The maximum atomic E-state index is 13.9. The molecule has 3 heterocycles. The molecule has 5 nitrogen and oxygen atoms in total. The van der Waals surface area contributed by atoms with Crippen LogP contribution in [0.4, 0.5) is 0 Å². The van der Waals surface area contributed by atoms with Crippen LogP contribution >= 0.6 is 0 Å². The first-order valence-corrected chi connectivity index (χ1v) is 11.2. The van der Waals surface area contributed by atoms with E-state index < -0.39 is 0 Å². The van der Waals surface area contributed by atoms with E-state index in [0.29, 0.717) is 36.3 Å². The molecule has 5 heteroatoms. The number of aryl methyl sites for hydroxylation is 1. The molecular weight excluding hydrogens is 388 g/mol. The van der Waals surface area contributed by atoms with Crippen molar-refractivity contribution in [3.05, 3.63) is 65.9 Å². The average Bonchev–Trinajstić information content (AvgIpc) is 3.36. The molecular formula is C26H28N2O3. The first-order valence-electron chi connectivity index (χ1n) is 11.2. The Morgan fingerprint density at radius 3 is 2.77 bits per heavy atom. The molecule has 1 amide bonds. The Labute approximate surface area is 183 Å². The molecule has 0 saturated carbocycles. The summed E-state index contributed by atoms with van der Waals surface area (Å²) in [5, 5.41) is 2.02. The smallest absolute Gasteiger partial charge is 0.258 e. The standard InChI is InChI=1S/C26H28N2O3/c1-3-30-23-12-9-18-6-4-5-7-21(18)25(23)26(29)28-20-10-11-22(28)19(14-20)16-31-24-13-8-17(2)15-27-24/h4-9,12-13,15,19-20,22H,3,10-11,14,16H2,1-2H3. The van der Waals surface area contributed by atoms with Gasteiger partial charge < -0.3 is 14.4 Å². The van der Waals surface area contributed by atoms with Gasteiger partial charge in [0.05, 0.1) is 18.8 Å². The highest BCUT2D eigenvalue weighted by atomic mass is 16.5. The van der Waals surface area contributed by atoms with Gasteiger partial charge in [0.15, 0.2) is 0 Å². The summed E-state index contributed by atoms with van der Waals surface area (Å²) in [5.74, 6) is 1.74. The van der Waals surface area contributed by atoms with Gasteiger partial charge in [-0.2, -0.15) is 0 Å². The van der Waals surface area contributed by atoms with Gasteiger partial charge in [-0.05, 0) is 55.5 Å². The fraction of sp³-hybridized carbons (Fsp3) is 0.385. The van der Waals surface area contributed by atoms with E-state index in [2.05, 4.69) is 9.88 Å². The maximum absolute atomic E-state index is 13.9. The predicted octanol–water partition coefficient (Wildman–Crippen LogP) is 5.01. The Balaban J connectivity index is 1.40. The van der Waals surface area contributed by atoms with Crippen LogP contribution in [0.1, 0.15) is 42.1 Å². The summed E-state index contributed by atoms with van der Waals surface area (Å²) in [7, 11) is 0. The maximum Gasteiger partial charge on any atom is 0.258 e. The molecule has 0 N–H and O–H groups in total. The Hall–Kier alpha value is -3.08. The highest BCUT2D eigenvalue weighted by molar-refractivity contribution is 6.09. The first kappa shape index (κ1) is 19.9. The van der Waals surface area contributed by atoms with E-state index >= 15 is 0 Å². The lowest BCUT2D eigenvalue weighted by Gasteiger charge is -2.26. The Morgan fingerprint density at radius 2 is 1.97 bits per heavy atom. The van der Waals surface area contributed by atoms with Gasteiger partial charge in [-0.1, -0.05) is 36.4 Å². The molecule has 2 saturated heterocycles. The molecule has 2 bridgehead atoms. The minimum absolute atomic E-state index is 0.0868. The van der Waals surface area contributed by atoms with Gasteiger partial charge in [0.2, 0.25) is 5.88 Å². The summed E-state index contributed by atoms with van der Waals surface area (Å²) in [5.41, 5.74) is 1.81. The summed E-state index contributed by atoms with van der Waals surface area (Å²) in [6.07, 6.45) is 4.89. The van der Waals surface area contributed by atoms with Gasteiger partial charge >= 0.3 is 0 Å². The van der Waals surface area contributed by atoms with Crippen LogP contribution < -0.4 is 9.47 Å². The van der Waals surface area contributed by atoms with E-state index in [9.17, 15) is 4.79 Å². The third kappa shape index (κ3) is 3.62. The highest BCUT2D eigenvalue weighted by Crippen LogP contribution is 2.44. The first-order chi connectivity index (χ1) is 15.2. The van der Waals surface area contributed by atoms with Gasteiger partial charge in [-0.25, -0.2) is 4.98 Å². The molecule has 160 valence electrons. The SMILES string of the molecule is CCOc1ccc2ccccc2c1C(=O)N1C2CCC1C(COc1ccc(C)cn1)C2. The van der Waals surface area contributed by atoms with E-state index in [-0.39, 0.29) is 18.0 Å². The fourth-order valence-electron chi connectivity index (χ4n) is 5.22. The van der Waals surface area contributed by atoms with Gasteiger partial charge in [-0.3, -0.25) is 4.79 Å². The van der Waals surface area contributed by atoms with Crippen molar-refractivity contribution in [1.82, 2.24) is 9.88 Å². The molecule has 3 aromatic rings. The number of ether oxygens (including phenoxy) is 2. The molecule has 2 aromatic carbocycles. The Bertz CT molecular complexity index is 1100. The number of pyridine rings is 1. The quantitative estimate of drug-likeness (QED) is 0.567. The lowest BCUT2D eigenvalue weighted by atomic mass is 9.90. The molecule has 3 unspecified atom stereocenters. The molecule has 2 aliphatic rings. The number of benzene rings is 2. The van der Waals surface area contributed by atoms with Crippen LogP contribution in [0.2, 0.25) is 0 Å². The Morgan fingerprint density at radius 1 is 1.10 bits per heavy atom. The van der Waals surface area contributed by atoms with Gasteiger partial charge in [0.1, 0.15) is 5.75 Å². The van der Waals surface area contributed by atoms with E-state index in [0.717, 1.165) is 35.6 Å². The summed E-state index contributed by atoms with van der Waals surface area (Å²) >= 11 is 0. The topological polar surface area (TPSA) is 51.7 Å². The summed E-state index contributed by atoms with van der Waals surface area (Å²) in [6.45, 7) is 5.09. The van der Waals surface area contributed by atoms with Crippen molar-refractivity contribution in [1.29, 1.82) is 0 Å². The highest BCUT2D eigenvalue weighted by Gasteiger charge is 2.49.